The molecule has 0 radical (unpaired) electrons. The number of nitrogens with zero attached hydrogens (tertiary/aromatic N) is 3. The third kappa shape index (κ3) is 3.30. The van der Waals surface area contributed by atoms with Gasteiger partial charge in [0.2, 0.25) is 6.79 Å². The molecule has 3 rings (SSSR count). The summed E-state index contributed by atoms with van der Waals surface area (Å²) in [6.45, 7) is 2.02. The van der Waals surface area contributed by atoms with Gasteiger partial charge in [-0.15, -0.1) is 0 Å². The molecule has 1 aliphatic rings. The molecule has 1 N–H and O–H groups in total. The predicted molar refractivity (Wildman–Crippen MR) is 79.7 cm³/mol. The Bertz CT molecular complexity index is 642. The summed E-state index contributed by atoms with van der Waals surface area (Å²) < 4.78 is 12.5. The van der Waals surface area contributed by atoms with Gasteiger partial charge in [-0.05, 0) is 17.7 Å². The molecule has 0 saturated carbocycles. The first-order valence-corrected chi connectivity index (χ1v) is 7.05. The normalized spacial score (nSPS) is 12.2. The number of imidazole rings is 1. The minimum atomic E-state index is -0.113. The van der Waals surface area contributed by atoms with E-state index in [1.54, 1.807) is 24.5 Å². The highest BCUT2D eigenvalue weighted by Crippen LogP contribution is 2.32. The van der Waals surface area contributed by atoms with Gasteiger partial charge in [-0.3, -0.25) is 0 Å². The number of benzene rings is 1. The van der Waals surface area contributed by atoms with E-state index in [9.17, 15) is 4.79 Å². The largest absolute Gasteiger partial charge is 0.454 e. The van der Waals surface area contributed by atoms with E-state index < -0.39 is 0 Å². The smallest absolute Gasteiger partial charge is 0.317 e. The van der Waals surface area contributed by atoms with Gasteiger partial charge in [0.25, 0.3) is 0 Å². The van der Waals surface area contributed by atoms with Crippen LogP contribution >= 0.6 is 0 Å². The lowest BCUT2D eigenvalue weighted by atomic mass is 10.2. The number of hydrogen-bond donors (Lipinski definition) is 1. The molecule has 0 aliphatic carbocycles. The number of carbonyl (C=O) groups is 1. The van der Waals surface area contributed by atoms with E-state index in [1.165, 1.54) is 0 Å². The Kier molecular flexibility index (Phi) is 4.13. The highest BCUT2D eigenvalue weighted by molar-refractivity contribution is 5.73. The second kappa shape index (κ2) is 6.38. The lowest BCUT2D eigenvalue weighted by Crippen LogP contribution is -2.38. The highest BCUT2D eigenvalue weighted by atomic mass is 16.7. The van der Waals surface area contributed by atoms with Crippen LogP contribution in [0.1, 0.15) is 5.56 Å². The zero-order chi connectivity index (χ0) is 15.4. The first-order valence-electron chi connectivity index (χ1n) is 7.05. The zero-order valence-corrected chi connectivity index (χ0v) is 12.4. The van der Waals surface area contributed by atoms with Crippen molar-refractivity contribution in [3.8, 4) is 11.5 Å². The van der Waals surface area contributed by atoms with Crippen molar-refractivity contribution in [1.82, 2.24) is 19.8 Å². The fraction of sp³-hybridized carbons (Fsp3) is 0.333. The van der Waals surface area contributed by atoms with E-state index in [-0.39, 0.29) is 12.8 Å². The van der Waals surface area contributed by atoms with Crippen LogP contribution in [0.25, 0.3) is 0 Å². The molecular formula is C15H18N4O3. The van der Waals surface area contributed by atoms with E-state index in [4.69, 9.17) is 9.47 Å². The van der Waals surface area contributed by atoms with Crippen LogP contribution < -0.4 is 14.8 Å². The fourth-order valence-electron chi connectivity index (χ4n) is 2.23. The Morgan fingerprint density at radius 2 is 2.27 bits per heavy atom. The van der Waals surface area contributed by atoms with Gasteiger partial charge >= 0.3 is 6.03 Å². The maximum Gasteiger partial charge on any atom is 0.317 e. The lowest BCUT2D eigenvalue weighted by molar-refractivity contribution is 0.174. The molecule has 1 aromatic carbocycles. The van der Waals surface area contributed by atoms with Crippen molar-refractivity contribution < 1.29 is 14.3 Å². The van der Waals surface area contributed by atoms with Crippen LogP contribution in [0.2, 0.25) is 0 Å². The second-order valence-electron chi connectivity index (χ2n) is 5.08. The Labute approximate surface area is 128 Å². The zero-order valence-electron chi connectivity index (χ0n) is 12.4. The van der Waals surface area contributed by atoms with Gasteiger partial charge in [-0.1, -0.05) is 6.07 Å². The molecule has 2 amide bonds. The number of fused-ring (bicyclic) bond motifs is 1. The van der Waals surface area contributed by atoms with Gasteiger partial charge in [0.05, 0.1) is 6.33 Å². The van der Waals surface area contributed by atoms with Crippen molar-refractivity contribution in [2.75, 3.05) is 20.4 Å². The second-order valence-corrected chi connectivity index (χ2v) is 5.08. The third-order valence-electron chi connectivity index (χ3n) is 3.41. The van der Waals surface area contributed by atoms with Crippen LogP contribution in [0.5, 0.6) is 11.5 Å². The molecule has 22 heavy (non-hydrogen) atoms. The number of rotatable bonds is 5. The Balaban J connectivity index is 1.48. The summed E-state index contributed by atoms with van der Waals surface area (Å²) >= 11 is 0. The van der Waals surface area contributed by atoms with Crippen LogP contribution in [-0.4, -0.2) is 40.9 Å². The van der Waals surface area contributed by atoms with Crippen molar-refractivity contribution in [2.45, 2.75) is 13.1 Å². The van der Waals surface area contributed by atoms with Gasteiger partial charge in [0.1, 0.15) is 0 Å². The topological polar surface area (TPSA) is 68.6 Å². The van der Waals surface area contributed by atoms with Crippen LogP contribution in [0.15, 0.2) is 36.9 Å². The SMILES string of the molecule is CN(Cc1ccc2c(c1)OCO2)C(=O)NCCn1ccnc1. The number of urea groups is 1. The summed E-state index contributed by atoms with van der Waals surface area (Å²) in [4.78, 5) is 17.6. The molecule has 2 heterocycles. The summed E-state index contributed by atoms with van der Waals surface area (Å²) in [6.07, 6.45) is 5.30. The van der Waals surface area contributed by atoms with Gasteiger partial charge < -0.3 is 24.3 Å². The minimum Gasteiger partial charge on any atom is -0.454 e. The van der Waals surface area contributed by atoms with Crippen molar-refractivity contribution in [1.29, 1.82) is 0 Å². The molecule has 0 atom stereocenters. The van der Waals surface area contributed by atoms with Crippen LogP contribution in [0.3, 0.4) is 0 Å². The lowest BCUT2D eigenvalue weighted by Gasteiger charge is -2.18. The molecular weight excluding hydrogens is 284 g/mol. The standard InChI is InChI=1S/C15H18N4O3/c1-18(15(20)17-5-7-19-6-4-16-10-19)9-12-2-3-13-14(8-12)22-11-21-13/h2-4,6,8,10H,5,7,9,11H2,1H3,(H,17,20). The van der Waals surface area contributed by atoms with E-state index in [0.29, 0.717) is 19.6 Å². The van der Waals surface area contributed by atoms with Crippen LogP contribution in [0, 0.1) is 0 Å². The summed E-state index contributed by atoms with van der Waals surface area (Å²) in [5.74, 6) is 1.47. The molecule has 0 spiro atoms. The van der Waals surface area contributed by atoms with E-state index in [1.807, 2.05) is 29.0 Å². The number of ether oxygens (including phenoxy) is 2. The van der Waals surface area contributed by atoms with E-state index >= 15 is 0 Å². The number of carbonyl (C=O) groups excluding carboxylic acids is 1. The molecule has 0 unspecified atom stereocenters. The summed E-state index contributed by atoms with van der Waals surface area (Å²) in [5, 5.41) is 2.88. The minimum absolute atomic E-state index is 0.113. The van der Waals surface area contributed by atoms with Gasteiger partial charge in [-0.25, -0.2) is 9.78 Å². The number of amides is 2. The molecule has 0 fully saturated rings. The Morgan fingerprint density at radius 3 is 3.09 bits per heavy atom. The van der Waals surface area contributed by atoms with Gasteiger partial charge in [0, 0.05) is 39.1 Å². The van der Waals surface area contributed by atoms with E-state index in [2.05, 4.69) is 10.3 Å². The summed E-state index contributed by atoms with van der Waals surface area (Å²) in [6, 6.07) is 5.58. The molecule has 1 aliphatic heterocycles. The first kappa shape index (κ1) is 14.2. The van der Waals surface area contributed by atoms with Crippen molar-refractivity contribution in [2.24, 2.45) is 0 Å². The molecule has 7 heteroatoms. The molecule has 1 aromatic heterocycles. The predicted octanol–water partition coefficient (Wildman–Crippen LogP) is 1.45. The number of nitrogens with one attached hydrogen (secondary N) is 1. The van der Waals surface area contributed by atoms with Gasteiger partial charge in [-0.2, -0.15) is 0 Å². The number of hydrogen-bond acceptors (Lipinski definition) is 4. The quantitative estimate of drug-likeness (QED) is 0.908. The molecule has 2 aromatic rings. The number of aromatic nitrogens is 2. The van der Waals surface area contributed by atoms with E-state index in [0.717, 1.165) is 17.1 Å². The molecule has 0 bridgehead atoms. The summed E-state index contributed by atoms with van der Waals surface area (Å²) in [7, 11) is 1.76. The maximum absolute atomic E-state index is 12.0. The summed E-state index contributed by atoms with van der Waals surface area (Å²) in [5.41, 5.74) is 0.997. The average Bonchev–Trinajstić information content (AvgIpc) is 3.17. The monoisotopic (exact) mass is 302 g/mol. The highest BCUT2D eigenvalue weighted by Gasteiger charge is 2.15. The Morgan fingerprint density at radius 1 is 1.41 bits per heavy atom. The fourth-order valence-corrected chi connectivity index (χ4v) is 2.23. The molecule has 116 valence electrons. The van der Waals surface area contributed by atoms with Crippen molar-refractivity contribution >= 4 is 6.03 Å². The van der Waals surface area contributed by atoms with Crippen molar-refractivity contribution in [3.05, 3.63) is 42.5 Å². The average molecular weight is 302 g/mol. The third-order valence-corrected chi connectivity index (χ3v) is 3.41. The first-order chi connectivity index (χ1) is 10.7. The Hall–Kier alpha value is -2.70. The van der Waals surface area contributed by atoms with Crippen LogP contribution in [0.4, 0.5) is 4.79 Å². The molecule has 0 saturated heterocycles. The van der Waals surface area contributed by atoms with Gasteiger partial charge in [0.15, 0.2) is 11.5 Å². The van der Waals surface area contributed by atoms with Crippen LogP contribution in [-0.2, 0) is 13.1 Å². The van der Waals surface area contributed by atoms with Crippen molar-refractivity contribution in [3.63, 3.8) is 0 Å². The molecule has 7 nitrogen and oxygen atoms in total. The maximum atomic E-state index is 12.0.